The Morgan fingerprint density at radius 1 is 1.26 bits per heavy atom. The Balaban J connectivity index is 2.24. The Kier molecular flexibility index (Phi) is 3.87. The summed E-state index contributed by atoms with van der Waals surface area (Å²) in [6.07, 6.45) is 0.176. The second-order valence-electron chi connectivity index (χ2n) is 4.32. The lowest BCUT2D eigenvalue weighted by atomic mass is 10.1. The molecule has 102 valence electrons. The van der Waals surface area contributed by atoms with Crippen molar-refractivity contribution in [2.24, 2.45) is 0 Å². The number of halogens is 3. The molecular weight excluding hydrogens is 255 g/mol. The fraction of sp³-hybridized carbons (Fsp3) is 0.385. The van der Waals surface area contributed by atoms with Gasteiger partial charge in [0.2, 0.25) is 0 Å². The maximum Gasteiger partial charge on any atom is 0.435 e. The number of nitrogens with zero attached hydrogens (tertiary/aromatic N) is 2. The minimum absolute atomic E-state index is 0.283. The van der Waals surface area contributed by atoms with Crippen molar-refractivity contribution < 1.29 is 13.2 Å². The van der Waals surface area contributed by atoms with Crippen molar-refractivity contribution in [1.82, 2.24) is 15.2 Å². The largest absolute Gasteiger partial charge is 0.435 e. The number of aromatic amines is 1. The third-order valence-corrected chi connectivity index (χ3v) is 2.79. The van der Waals surface area contributed by atoms with E-state index in [9.17, 15) is 13.2 Å². The molecule has 0 atom stereocenters. The maximum atomic E-state index is 12.5. The van der Waals surface area contributed by atoms with Crippen LogP contribution in [0.3, 0.4) is 0 Å². The molecule has 0 radical (unpaired) electrons. The lowest BCUT2D eigenvalue weighted by molar-refractivity contribution is -0.141. The van der Waals surface area contributed by atoms with Gasteiger partial charge in [0.25, 0.3) is 0 Å². The zero-order chi connectivity index (χ0) is 13.9. The van der Waals surface area contributed by atoms with E-state index in [-0.39, 0.29) is 5.69 Å². The van der Waals surface area contributed by atoms with E-state index in [1.165, 1.54) is 0 Å². The van der Waals surface area contributed by atoms with Crippen LogP contribution in [0.5, 0.6) is 0 Å². The first-order valence-corrected chi connectivity index (χ1v) is 6.08. The molecule has 0 bridgehead atoms. The van der Waals surface area contributed by atoms with E-state index < -0.39 is 11.9 Å². The molecule has 6 heteroatoms. The van der Waals surface area contributed by atoms with E-state index in [0.717, 1.165) is 30.9 Å². The molecule has 0 unspecified atom stereocenters. The summed E-state index contributed by atoms with van der Waals surface area (Å²) < 4.78 is 37.4. The van der Waals surface area contributed by atoms with E-state index >= 15 is 0 Å². The van der Waals surface area contributed by atoms with Crippen LogP contribution < -0.4 is 0 Å². The topological polar surface area (TPSA) is 41.6 Å². The molecule has 0 aliphatic heterocycles. The number of nitrogens with one attached hydrogen (secondary N) is 1. The van der Waals surface area contributed by atoms with E-state index in [4.69, 9.17) is 0 Å². The summed E-state index contributed by atoms with van der Waals surface area (Å²) >= 11 is 0. The quantitative estimate of drug-likeness (QED) is 0.916. The fourth-order valence-corrected chi connectivity index (χ4v) is 1.76. The van der Waals surface area contributed by atoms with Crippen LogP contribution in [0.25, 0.3) is 11.4 Å². The van der Waals surface area contributed by atoms with Crippen LogP contribution in [0, 0.1) is 0 Å². The zero-order valence-corrected chi connectivity index (χ0v) is 10.5. The van der Waals surface area contributed by atoms with Gasteiger partial charge in [0.05, 0.1) is 11.4 Å². The third kappa shape index (κ3) is 3.33. The molecule has 0 spiro atoms. The van der Waals surface area contributed by atoms with Gasteiger partial charge in [-0.1, -0.05) is 13.3 Å². The predicted octanol–water partition coefficient (Wildman–Crippen LogP) is 3.83. The highest BCUT2D eigenvalue weighted by Crippen LogP contribution is 2.29. The summed E-state index contributed by atoms with van der Waals surface area (Å²) in [5, 5.41) is 5.65. The van der Waals surface area contributed by atoms with Gasteiger partial charge in [0, 0.05) is 6.20 Å². The molecule has 2 heterocycles. The number of unbranched alkanes of at least 4 members (excludes halogenated alkanes) is 1. The fourth-order valence-electron chi connectivity index (χ4n) is 1.76. The van der Waals surface area contributed by atoms with Crippen LogP contribution in [-0.2, 0) is 12.6 Å². The van der Waals surface area contributed by atoms with Crippen LogP contribution in [-0.4, -0.2) is 15.2 Å². The van der Waals surface area contributed by atoms with Crippen molar-refractivity contribution in [3.05, 3.63) is 35.7 Å². The van der Waals surface area contributed by atoms with Gasteiger partial charge in [-0.15, -0.1) is 0 Å². The zero-order valence-electron chi connectivity index (χ0n) is 10.5. The number of hydrogen-bond acceptors (Lipinski definition) is 2. The smallest absolute Gasteiger partial charge is 0.276 e. The van der Waals surface area contributed by atoms with Gasteiger partial charge >= 0.3 is 6.18 Å². The van der Waals surface area contributed by atoms with Gasteiger partial charge in [-0.3, -0.25) is 10.1 Å². The molecule has 19 heavy (non-hydrogen) atoms. The minimum atomic E-state index is -4.44. The molecule has 0 aliphatic rings. The number of aromatic nitrogens is 3. The second-order valence-corrected chi connectivity index (χ2v) is 4.32. The van der Waals surface area contributed by atoms with Crippen LogP contribution in [0.1, 0.15) is 31.0 Å². The number of hydrogen-bond donors (Lipinski definition) is 1. The molecule has 1 N–H and O–H groups in total. The summed E-state index contributed by atoms with van der Waals surface area (Å²) in [6, 6.07) is 4.65. The van der Waals surface area contributed by atoms with Gasteiger partial charge in [-0.25, -0.2) is 0 Å². The van der Waals surface area contributed by atoms with Crippen LogP contribution in [0.2, 0.25) is 0 Å². The summed E-state index contributed by atoms with van der Waals surface area (Å²) in [6.45, 7) is 2.09. The molecule has 0 aromatic carbocycles. The number of rotatable bonds is 4. The Morgan fingerprint density at radius 3 is 2.68 bits per heavy atom. The van der Waals surface area contributed by atoms with Crippen LogP contribution in [0.15, 0.2) is 24.4 Å². The lowest BCUT2D eigenvalue weighted by Crippen LogP contribution is -2.04. The monoisotopic (exact) mass is 269 g/mol. The Bertz CT molecular complexity index is 546. The average Bonchev–Trinajstić information content (AvgIpc) is 2.86. The van der Waals surface area contributed by atoms with Gasteiger partial charge < -0.3 is 0 Å². The Hall–Kier alpha value is -1.85. The first-order valence-electron chi connectivity index (χ1n) is 6.08. The van der Waals surface area contributed by atoms with Gasteiger partial charge in [0.1, 0.15) is 0 Å². The van der Waals surface area contributed by atoms with E-state index in [1.54, 1.807) is 12.3 Å². The summed E-state index contributed by atoms with van der Waals surface area (Å²) in [4.78, 5) is 4.07. The van der Waals surface area contributed by atoms with E-state index in [1.807, 2.05) is 6.07 Å². The molecule has 0 saturated carbocycles. The Labute approximate surface area is 108 Å². The van der Waals surface area contributed by atoms with E-state index in [2.05, 4.69) is 22.1 Å². The van der Waals surface area contributed by atoms with Gasteiger partial charge in [-0.05, 0) is 36.6 Å². The highest BCUT2D eigenvalue weighted by atomic mass is 19.4. The molecule has 0 saturated heterocycles. The molecule has 2 aromatic heterocycles. The van der Waals surface area contributed by atoms with E-state index in [0.29, 0.717) is 5.69 Å². The molecule has 2 rings (SSSR count). The SMILES string of the molecule is CCCCc1ccnc(-c2cc(C(F)(F)F)n[nH]2)c1. The van der Waals surface area contributed by atoms with Crippen molar-refractivity contribution >= 4 is 0 Å². The average molecular weight is 269 g/mol. The first kappa shape index (κ1) is 13.6. The molecular formula is C13H14F3N3. The molecule has 0 amide bonds. The standard InChI is InChI=1S/C13H14F3N3/c1-2-3-4-9-5-6-17-10(7-9)11-8-12(19-18-11)13(14,15)16/h5-8H,2-4H2,1H3,(H,18,19). The van der Waals surface area contributed by atoms with Crippen molar-refractivity contribution in [3.8, 4) is 11.4 Å². The van der Waals surface area contributed by atoms with Crippen molar-refractivity contribution in [2.75, 3.05) is 0 Å². The minimum Gasteiger partial charge on any atom is -0.276 e. The first-order chi connectivity index (χ1) is 9.00. The summed E-state index contributed by atoms with van der Waals surface area (Å²) in [7, 11) is 0. The van der Waals surface area contributed by atoms with Gasteiger partial charge in [0.15, 0.2) is 5.69 Å². The van der Waals surface area contributed by atoms with Gasteiger partial charge in [-0.2, -0.15) is 18.3 Å². The maximum absolute atomic E-state index is 12.5. The van der Waals surface area contributed by atoms with Crippen molar-refractivity contribution in [2.45, 2.75) is 32.4 Å². The number of alkyl halides is 3. The summed E-state index contributed by atoms with van der Waals surface area (Å²) in [5.74, 6) is 0. The van der Waals surface area contributed by atoms with Crippen molar-refractivity contribution in [1.29, 1.82) is 0 Å². The number of H-pyrrole nitrogens is 1. The van der Waals surface area contributed by atoms with Crippen molar-refractivity contribution in [3.63, 3.8) is 0 Å². The predicted molar refractivity (Wildman–Crippen MR) is 65.4 cm³/mol. The highest BCUT2D eigenvalue weighted by Gasteiger charge is 2.34. The Morgan fingerprint density at radius 2 is 2.05 bits per heavy atom. The lowest BCUT2D eigenvalue weighted by Gasteiger charge is -2.02. The normalized spacial score (nSPS) is 11.8. The summed E-state index contributed by atoms with van der Waals surface area (Å²) in [5.41, 5.74) is 0.903. The number of aryl methyl sites for hydroxylation is 1. The molecule has 0 aliphatic carbocycles. The van der Waals surface area contributed by atoms with Crippen LogP contribution in [0.4, 0.5) is 13.2 Å². The molecule has 3 nitrogen and oxygen atoms in total. The molecule has 2 aromatic rings. The third-order valence-electron chi connectivity index (χ3n) is 2.79. The number of pyridine rings is 1. The second kappa shape index (κ2) is 5.42. The highest BCUT2D eigenvalue weighted by molar-refractivity contribution is 5.55. The van der Waals surface area contributed by atoms with Crippen LogP contribution >= 0.6 is 0 Å². The molecule has 0 fully saturated rings.